The van der Waals surface area contributed by atoms with E-state index in [4.69, 9.17) is 5.73 Å². The smallest absolute Gasteiger partial charge is 0.241 e. The Hall–Kier alpha value is -2.03. The van der Waals surface area contributed by atoms with Gasteiger partial charge in [0.05, 0.1) is 0 Å². The second-order valence-electron chi connectivity index (χ2n) is 3.44. The summed E-state index contributed by atoms with van der Waals surface area (Å²) in [5.74, 6) is -0.437. The summed E-state index contributed by atoms with van der Waals surface area (Å²) in [4.78, 5) is 13.8. The molecule has 3 heteroatoms. The lowest BCUT2D eigenvalue weighted by molar-refractivity contribution is -0.113. The van der Waals surface area contributed by atoms with Crippen molar-refractivity contribution in [1.29, 1.82) is 0 Å². The van der Waals surface area contributed by atoms with Crippen LogP contribution in [0, 0.1) is 6.92 Å². The molecule has 0 atom stereocenters. The van der Waals surface area contributed by atoms with Gasteiger partial charge in [-0.1, -0.05) is 18.2 Å². The first-order valence-electron chi connectivity index (χ1n) is 4.73. The minimum absolute atomic E-state index is 0.437. The van der Waals surface area contributed by atoms with Gasteiger partial charge < -0.3 is 10.7 Å². The molecule has 1 aromatic carbocycles. The molecule has 0 bridgehead atoms. The van der Waals surface area contributed by atoms with Gasteiger partial charge in [0.15, 0.2) is 0 Å². The highest BCUT2D eigenvalue weighted by atomic mass is 16.1. The maximum atomic E-state index is 10.6. The number of carbonyl (C=O) groups excluding carboxylic acids is 1. The molecule has 1 amide bonds. The number of para-hydroxylation sites is 1. The van der Waals surface area contributed by atoms with Gasteiger partial charge in [0.1, 0.15) is 0 Å². The molecule has 0 spiro atoms. The van der Waals surface area contributed by atoms with E-state index >= 15 is 0 Å². The van der Waals surface area contributed by atoms with Crippen LogP contribution in [0.4, 0.5) is 0 Å². The molecular formula is C12H12N2O. The minimum atomic E-state index is -0.437. The average molecular weight is 200 g/mol. The lowest BCUT2D eigenvalue weighted by Crippen LogP contribution is -2.05. The molecule has 0 unspecified atom stereocenters. The molecule has 0 radical (unpaired) electrons. The summed E-state index contributed by atoms with van der Waals surface area (Å²) in [7, 11) is 0. The number of fused-ring (bicyclic) bond motifs is 1. The van der Waals surface area contributed by atoms with E-state index in [1.807, 2.05) is 31.2 Å². The van der Waals surface area contributed by atoms with Crippen molar-refractivity contribution in [3.8, 4) is 0 Å². The summed E-state index contributed by atoms with van der Waals surface area (Å²) in [6.45, 7) is 2.01. The summed E-state index contributed by atoms with van der Waals surface area (Å²) in [5, 5.41) is 1.17. The number of carbonyl (C=O) groups is 1. The van der Waals surface area contributed by atoms with E-state index < -0.39 is 5.91 Å². The van der Waals surface area contributed by atoms with Gasteiger partial charge in [0.2, 0.25) is 5.91 Å². The van der Waals surface area contributed by atoms with Crippen LogP contribution < -0.4 is 5.73 Å². The fraction of sp³-hybridized carbons (Fsp3) is 0.0833. The van der Waals surface area contributed by atoms with Crippen molar-refractivity contribution in [2.45, 2.75) is 6.92 Å². The Balaban J connectivity index is 2.53. The van der Waals surface area contributed by atoms with Gasteiger partial charge in [-0.15, -0.1) is 0 Å². The second-order valence-corrected chi connectivity index (χ2v) is 3.44. The number of benzene rings is 1. The number of aromatic nitrogens is 1. The largest absolute Gasteiger partial charge is 0.366 e. The number of primary amides is 1. The molecule has 1 heterocycles. The molecule has 2 aromatic rings. The molecule has 0 saturated heterocycles. The Kier molecular flexibility index (Phi) is 2.29. The molecule has 3 N–H and O–H groups in total. The van der Waals surface area contributed by atoms with Gasteiger partial charge in [-0.3, -0.25) is 4.79 Å². The number of nitrogens with one attached hydrogen (secondary N) is 1. The predicted octanol–water partition coefficient (Wildman–Crippen LogP) is 1.97. The molecule has 1 aromatic heterocycles. The third-order valence-corrected chi connectivity index (χ3v) is 2.42. The maximum Gasteiger partial charge on any atom is 0.241 e. The highest BCUT2D eigenvalue weighted by Gasteiger charge is 2.03. The predicted molar refractivity (Wildman–Crippen MR) is 61.3 cm³/mol. The molecule has 0 saturated carbocycles. The number of hydrogen-bond donors (Lipinski definition) is 2. The second kappa shape index (κ2) is 3.61. The molecule has 0 fully saturated rings. The van der Waals surface area contributed by atoms with Crippen LogP contribution in [0.25, 0.3) is 17.0 Å². The van der Waals surface area contributed by atoms with E-state index in [-0.39, 0.29) is 0 Å². The van der Waals surface area contributed by atoms with Crippen molar-refractivity contribution in [3.05, 3.63) is 41.6 Å². The SMILES string of the molecule is Cc1c(/C=C/C(N)=O)[nH]c2ccccc12. The summed E-state index contributed by atoms with van der Waals surface area (Å²) in [5.41, 5.74) is 8.17. The van der Waals surface area contributed by atoms with E-state index in [1.165, 1.54) is 11.5 Å². The zero-order valence-electron chi connectivity index (χ0n) is 8.45. The van der Waals surface area contributed by atoms with E-state index in [2.05, 4.69) is 4.98 Å². The Labute approximate surface area is 87.6 Å². The number of nitrogens with two attached hydrogens (primary N) is 1. The molecule has 76 valence electrons. The van der Waals surface area contributed by atoms with Gasteiger partial charge >= 0.3 is 0 Å². The van der Waals surface area contributed by atoms with E-state index in [1.54, 1.807) is 6.08 Å². The summed E-state index contributed by atoms with van der Waals surface area (Å²) < 4.78 is 0. The summed E-state index contributed by atoms with van der Waals surface area (Å²) >= 11 is 0. The lowest BCUT2D eigenvalue weighted by Gasteiger charge is -1.89. The Morgan fingerprint density at radius 2 is 2.13 bits per heavy atom. The fourth-order valence-electron chi connectivity index (χ4n) is 1.64. The van der Waals surface area contributed by atoms with Gasteiger partial charge in [0, 0.05) is 22.7 Å². The van der Waals surface area contributed by atoms with Gasteiger partial charge in [-0.05, 0) is 24.6 Å². The highest BCUT2D eigenvalue weighted by Crippen LogP contribution is 2.21. The molecule has 0 aliphatic carbocycles. The van der Waals surface area contributed by atoms with Crippen LogP contribution in [-0.4, -0.2) is 10.9 Å². The van der Waals surface area contributed by atoms with Gasteiger partial charge in [-0.25, -0.2) is 0 Å². The minimum Gasteiger partial charge on any atom is -0.366 e. The zero-order chi connectivity index (χ0) is 10.8. The topological polar surface area (TPSA) is 58.9 Å². The monoisotopic (exact) mass is 200 g/mol. The molecule has 3 nitrogen and oxygen atoms in total. The fourth-order valence-corrected chi connectivity index (χ4v) is 1.64. The normalized spacial score (nSPS) is 11.3. The molecule has 15 heavy (non-hydrogen) atoms. The lowest BCUT2D eigenvalue weighted by atomic mass is 10.1. The Bertz CT molecular complexity index is 538. The van der Waals surface area contributed by atoms with Crippen LogP contribution in [0.2, 0.25) is 0 Å². The number of aromatic amines is 1. The van der Waals surface area contributed by atoms with E-state index in [9.17, 15) is 4.79 Å². The van der Waals surface area contributed by atoms with Gasteiger partial charge in [-0.2, -0.15) is 0 Å². The van der Waals surface area contributed by atoms with Crippen LogP contribution in [0.1, 0.15) is 11.3 Å². The van der Waals surface area contributed by atoms with Crippen LogP contribution in [0.5, 0.6) is 0 Å². The average Bonchev–Trinajstić information content (AvgIpc) is 2.54. The third-order valence-electron chi connectivity index (χ3n) is 2.42. The number of H-pyrrole nitrogens is 1. The van der Waals surface area contributed by atoms with Crippen molar-refractivity contribution in [1.82, 2.24) is 4.98 Å². The Morgan fingerprint density at radius 3 is 2.80 bits per heavy atom. The van der Waals surface area contributed by atoms with Crippen molar-refractivity contribution in [2.24, 2.45) is 5.73 Å². The number of hydrogen-bond acceptors (Lipinski definition) is 1. The molecular weight excluding hydrogens is 188 g/mol. The van der Waals surface area contributed by atoms with Crippen molar-refractivity contribution < 1.29 is 4.79 Å². The molecule has 0 aliphatic rings. The number of amides is 1. The summed E-state index contributed by atoms with van der Waals surface area (Å²) in [6, 6.07) is 8.01. The molecule has 2 rings (SSSR count). The first kappa shape index (κ1) is 9.52. The van der Waals surface area contributed by atoms with Crippen LogP contribution >= 0.6 is 0 Å². The quantitative estimate of drug-likeness (QED) is 0.715. The van der Waals surface area contributed by atoms with Crippen LogP contribution in [0.3, 0.4) is 0 Å². The zero-order valence-corrected chi connectivity index (χ0v) is 8.45. The summed E-state index contributed by atoms with van der Waals surface area (Å²) in [6.07, 6.45) is 3.06. The number of rotatable bonds is 2. The first-order valence-corrected chi connectivity index (χ1v) is 4.73. The first-order chi connectivity index (χ1) is 7.18. The van der Waals surface area contributed by atoms with E-state index in [0.29, 0.717) is 0 Å². The third kappa shape index (κ3) is 1.76. The number of aryl methyl sites for hydroxylation is 1. The molecule has 0 aliphatic heterocycles. The van der Waals surface area contributed by atoms with Gasteiger partial charge in [0.25, 0.3) is 0 Å². The van der Waals surface area contributed by atoms with Crippen molar-refractivity contribution in [2.75, 3.05) is 0 Å². The van der Waals surface area contributed by atoms with Crippen LogP contribution in [-0.2, 0) is 4.79 Å². The standard InChI is InChI=1S/C12H12N2O/c1-8-9-4-2-3-5-11(9)14-10(8)6-7-12(13)15/h2-7,14H,1H3,(H2,13,15)/b7-6+. The maximum absolute atomic E-state index is 10.6. The van der Waals surface area contributed by atoms with Crippen LogP contribution in [0.15, 0.2) is 30.3 Å². The highest BCUT2D eigenvalue weighted by molar-refractivity contribution is 5.92. The Morgan fingerprint density at radius 1 is 1.40 bits per heavy atom. The van der Waals surface area contributed by atoms with Crippen molar-refractivity contribution in [3.63, 3.8) is 0 Å². The van der Waals surface area contributed by atoms with E-state index in [0.717, 1.165) is 16.8 Å². The van der Waals surface area contributed by atoms with Crippen molar-refractivity contribution >= 4 is 22.9 Å².